The van der Waals surface area contributed by atoms with Crippen molar-refractivity contribution in [3.05, 3.63) is 48.0 Å². The van der Waals surface area contributed by atoms with Crippen LogP contribution in [0.4, 0.5) is 0 Å². The second-order valence-corrected chi connectivity index (χ2v) is 12.9. The van der Waals surface area contributed by atoms with Crippen molar-refractivity contribution in [3.8, 4) is 0 Å². The zero-order valence-electron chi connectivity index (χ0n) is 26.5. The van der Waals surface area contributed by atoms with Gasteiger partial charge in [0, 0.05) is 5.57 Å². The Labute approximate surface area is 253 Å². The fraction of sp³-hybridized carbons (Fsp3) is 0.594. The first-order valence-electron chi connectivity index (χ1n) is 13.9. The van der Waals surface area contributed by atoms with Crippen molar-refractivity contribution in [1.82, 2.24) is 0 Å². The van der Waals surface area contributed by atoms with E-state index in [1.807, 2.05) is 30.3 Å². The summed E-state index contributed by atoms with van der Waals surface area (Å²) in [6, 6.07) is 9.09. The molecule has 0 bridgehead atoms. The highest BCUT2D eigenvalue weighted by molar-refractivity contribution is 5.87. The van der Waals surface area contributed by atoms with Gasteiger partial charge in [-0.2, -0.15) is 0 Å². The molecule has 1 aromatic rings. The summed E-state index contributed by atoms with van der Waals surface area (Å²) in [5.74, 6) is -4.05. The van der Waals surface area contributed by atoms with Crippen molar-refractivity contribution in [2.75, 3.05) is 20.3 Å². The quantitative estimate of drug-likeness (QED) is 0.148. The van der Waals surface area contributed by atoms with Gasteiger partial charge in [0.15, 0.2) is 0 Å². The van der Waals surface area contributed by atoms with E-state index in [0.29, 0.717) is 0 Å². The molecule has 1 aromatic carbocycles. The lowest BCUT2D eigenvalue weighted by atomic mass is 9.62. The molecule has 0 aliphatic carbocycles. The van der Waals surface area contributed by atoms with E-state index in [1.165, 1.54) is 41.7 Å². The highest BCUT2D eigenvalue weighted by atomic mass is 16.6. The van der Waals surface area contributed by atoms with Crippen molar-refractivity contribution in [3.63, 3.8) is 0 Å². The smallest absolute Gasteiger partial charge is 0.333 e. The van der Waals surface area contributed by atoms with E-state index >= 15 is 0 Å². The molecule has 2 N–H and O–H groups in total. The molecule has 0 amide bonds. The Bertz CT molecular complexity index is 1170. The first kappa shape index (κ1) is 37.3. The van der Waals surface area contributed by atoms with Gasteiger partial charge in [-0.1, -0.05) is 36.9 Å². The van der Waals surface area contributed by atoms with Gasteiger partial charge in [-0.05, 0) is 73.3 Å². The van der Waals surface area contributed by atoms with Crippen LogP contribution in [0.15, 0.2) is 42.5 Å². The summed E-state index contributed by atoms with van der Waals surface area (Å²) in [5.41, 5.74) is -4.75. The van der Waals surface area contributed by atoms with Crippen LogP contribution in [0.5, 0.6) is 0 Å². The van der Waals surface area contributed by atoms with Crippen LogP contribution in [0.2, 0.25) is 0 Å². The summed E-state index contributed by atoms with van der Waals surface area (Å²) in [7, 11) is 1.18. The second kappa shape index (κ2) is 15.1. The number of carboxylic acids is 1. The topological polar surface area (TPSA) is 163 Å². The lowest BCUT2D eigenvalue weighted by Gasteiger charge is -2.41. The van der Waals surface area contributed by atoms with E-state index in [2.05, 4.69) is 6.58 Å². The van der Waals surface area contributed by atoms with E-state index in [4.69, 9.17) is 18.9 Å². The van der Waals surface area contributed by atoms with Gasteiger partial charge in [-0.15, -0.1) is 0 Å². The Hall–Kier alpha value is -3.73. The third kappa shape index (κ3) is 11.1. The fourth-order valence-corrected chi connectivity index (χ4v) is 5.25. The third-order valence-corrected chi connectivity index (χ3v) is 7.12. The predicted octanol–water partition coefficient (Wildman–Crippen LogP) is 4.25. The Morgan fingerprint density at radius 3 is 1.74 bits per heavy atom. The number of ether oxygens (including phenoxy) is 4. The van der Waals surface area contributed by atoms with Crippen LogP contribution in [0.1, 0.15) is 73.3 Å². The van der Waals surface area contributed by atoms with E-state index in [1.54, 1.807) is 13.8 Å². The summed E-state index contributed by atoms with van der Waals surface area (Å²) >= 11 is 0. The summed E-state index contributed by atoms with van der Waals surface area (Å²) in [5, 5.41) is 20.4. The van der Waals surface area contributed by atoms with Gasteiger partial charge in [0.1, 0.15) is 25.9 Å². The van der Waals surface area contributed by atoms with Crippen LogP contribution < -0.4 is 0 Å². The molecule has 0 spiro atoms. The summed E-state index contributed by atoms with van der Waals surface area (Å²) in [6.45, 7) is 13.1. The number of esters is 4. The molecule has 11 heteroatoms. The molecule has 0 fully saturated rings. The first-order valence-corrected chi connectivity index (χ1v) is 13.9. The van der Waals surface area contributed by atoms with Crippen LogP contribution in [0, 0.1) is 21.7 Å². The number of benzene rings is 1. The van der Waals surface area contributed by atoms with Gasteiger partial charge in [-0.3, -0.25) is 19.2 Å². The Morgan fingerprint density at radius 1 is 0.767 bits per heavy atom. The van der Waals surface area contributed by atoms with Gasteiger partial charge in [-0.25, -0.2) is 4.79 Å². The normalized spacial score (nSPS) is 15.2. The minimum Gasteiger partial charge on any atom is -0.481 e. The lowest BCUT2D eigenvalue weighted by molar-refractivity contribution is -0.169. The molecule has 11 nitrogen and oxygen atoms in total. The molecule has 0 heterocycles. The highest BCUT2D eigenvalue weighted by Gasteiger charge is 2.52. The van der Waals surface area contributed by atoms with Crippen molar-refractivity contribution in [1.29, 1.82) is 0 Å². The van der Waals surface area contributed by atoms with Crippen molar-refractivity contribution < 1.29 is 53.1 Å². The number of hydrogen-bond acceptors (Lipinski definition) is 10. The number of hydrogen-bond donors (Lipinski definition) is 2. The maximum atomic E-state index is 13.1. The molecule has 0 saturated carbocycles. The van der Waals surface area contributed by atoms with E-state index in [-0.39, 0.29) is 31.4 Å². The van der Waals surface area contributed by atoms with Crippen LogP contribution in [-0.2, 0) is 49.5 Å². The van der Waals surface area contributed by atoms with E-state index in [0.717, 1.165) is 5.56 Å². The Balaban J connectivity index is 3.08. The minimum absolute atomic E-state index is 0.0339. The molecule has 0 radical (unpaired) electrons. The minimum atomic E-state index is -1.65. The molecule has 3 atom stereocenters. The average Bonchev–Trinajstić information content (AvgIpc) is 2.92. The number of aliphatic hydroxyl groups is 1. The second-order valence-electron chi connectivity index (χ2n) is 12.9. The molecular formula is C32H46O11. The SMILES string of the molecule is C=C(C)C(=O)OCC(O)COC(=O)C(C)(C)CC(C)(CC(C)(CC(C)(C)C(=O)OCc1ccccc1)C(=O)OC)C(=O)O. The van der Waals surface area contributed by atoms with Crippen LogP contribution in [0.25, 0.3) is 0 Å². The summed E-state index contributed by atoms with van der Waals surface area (Å²) in [4.78, 5) is 63.3. The molecule has 0 aromatic heterocycles. The van der Waals surface area contributed by atoms with Gasteiger partial charge in [0.05, 0.1) is 28.8 Å². The summed E-state index contributed by atoms with van der Waals surface area (Å²) < 4.78 is 20.6. The van der Waals surface area contributed by atoms with Crippen LogP contribution in [0.3, 0.4) is 0 Å². The van der Waals surface area contributed by atoms with Crippen molar-refractivity contribution in [2.45, 2.75) is 80.4 Å². The zero-order valence-corrected chi connectivity index (χ0v) is 26.5. The number of carboxylic acid groups (broad SMARTS) is 1. The largest absolute Gasteiger partial charge is 0.481 e. The predicted molar refractivity (Wildman–Crippen MR) is 156 cm³/mol. The van der Waals surface area contributed by atoms with Gasteiger partial charge >= 0.3 is 29.8 Å². The van der Waals surface area contributed by atoms with Gasteiger partial charge in [0.25, 0.3) is 0 Å². The molecule has 0 aliphatic heterocycles. The molecule has 0 aliphatic rings. The highest BCUT2D eigenvalue weighted by Crippen LogP contribution is 2.48. The number of carbonyl (C=O) groups is 5. The maximum Gasteiger partial charge on any atom is 0.333 e. The Morgan fingerprint density at radius 2 is 1.26 bits per heavy atom. The molecule has 1 rings (SSSR count). The number of rotatable bonds is 17. The molecule has 3 unspecified atom stereocenters. The van der Waals surface area contributed by atoms with Crippen LogP contribution in [-0.4, -0.2) is 66.5 Å². The van der Waals surface area contributed by atoms with E-state index < -0.39 is 70.8 Å². The molecule has 0 saturated heterocycles. The standard InChI is InChI=1S/C32H46O11/c1-21(2)24(34)41-16-23(33)17-43-27(38)29(3,4)18-31(7,25(35)36)20-32(8,28(39)40-9)19-30(5,6)26(37)42-15-22-13-11-10-12-14-22/h10-14,23,33H,1,15-20H2,2-9H3,(H,35,36). The number of aliphatic hydroxyl groups excluding tert-OH is 1. The molecule has 240 valence electrons. The number of methoxy groups -OCH3 is 1. The first-order chi connectivity index (χ1) is 19.7. The van der Waals surface area contributed by atoms with Gasteiger partial charge < -0.3 is 29.2 Å². The number of aliphatic carboxylic acids is 1. The third-order valence-electron chi connectivity index (χ3n) is 7.12. The van der Waals surface area contributed by atoms with Crippen LogP contribution >= 0.6 is 0 Å². The molecular weight excluding hydrogens is 560 g/mol. The monoisotopic (exact) mass is 606 g/mol. The molecule has 43 heavy (non-hydrogen) atoms. The summed E-state index contributed by atoms with van der Waals surface area (Å²) in [6.07, 6.45) is -1.92. The average molecular weight is 607 g/mol. The Kier molecular flexibility index (Phi) is 13.1. The maximum absolute atomic E-state index is 13.1. The van der Waals surface area contributed by atoms with E-state index in [9.17, 15) is 34.2 Å². The van der Waals surface area contributed by atoms with Crippen molar-refractivity contribution in [2.24, 2.45) is 21.7 Å². The zero-order chi connectivity index (χ0) is 33.2. The lowest BCUT2D eigenvalue weighted by Crippen LogP contribution is -2.46. The van der Waals surface area contributed by atoms with Crippen molar-refractivity contribution >= 4 is 29.8 Å². The number of carbonyl (C=O) groups excluding carboxylic acids is 4. The fourth-order valence-electron chi connectivity index (χ4n) is 5.25. The van der Waals surface area contributed by atoms with Gasteiger partial charge in [0.2, 0.25) is 0 Å².